The zero-order valence-electron chi connectivity index (χ0n) is 13.2. The maximum atomic E-state index is 12.1. The summed E-state index contributed by atoms with van der Waals surface area (Å²) >= 11 is 0. The van der Waals surface area contributed by atoms with E-state index in [9.17, 15) is 4.79 Å². The van der Waals surface area contributed by atoms with Crippen LogP contribution >= 0.6 is 0 Å². The second-order valence-corrected chi connectivity index (χ2v) is 6.43. The minimum absolute atomic E-state index is 0.0370. The number of aromatic nitrogens is 2. The first-order valence-corrected chi connectivity index (χ1v) is 7.51. The predicted molar refractivity (Wildman–Crippen MR) is 85.0 cm³/mol. The highest BCUT2D eigenvalue weighted by molar-refractivity contribution is 5.92. The molecule has 5 heteroatoms. The summed E-state index contributed by atoms with van der Waals surface area (Å²) in [5.41, 5.74) is 2.80. The number of nitrogens with zero attached hydrogens (tertiary/aromatic N) is 2. The van der Waals surface area contributed by atoms with Crippen molar-refractivity contribution in [3.63, 3.8) is 0 Å². The van der Waals surface area contributed by atoms with Crippen LogP contribution in [0, 0.1) is 0 Å². The molecule has 5 nitrogen and oxygen atoms in total. The number of ether oxygens (including phenoxy) is 1. The summed E-state index contributed by atoms with van der Waals surface area (Å²) in [6, 6.07) is 6.01. The quantitative estimate of drug-likeness (QED) is 0.948. The van der Waals surface area contributed by atoms with Crippen LogP contribution in [0.5, 0.6) is 5.75 Å². The highest BCUT2D eigenvalue weighted by atomic mass is 16.5. The topological polar surface area (TPSA) is 56.2 Å². The van der Waals surface area contributed by atoms with Gasteiger partial charge in [-0.25, -0.2) is 0 Å². The first kappa shape index (κ1) is 14.6. The second-order valence-electron chi connectivity index (χ2n) is 6.43. The van der Waals surface area contributed by atoms with E-state index in [0.717, 1.165) is 29.8 Å². The maximum Gasteiger partial charge on any atom is 0.228 e. The Labute approximate surface area is 130 Å². The summed E-state index contributed by atoms with van der Waals surface area (Å²) in [5.74, 6) is 0.901. The van der Waals surface area contributed by atoms with Crippen LogP contribution in [-0.2, 0) is 24.7 Å². The molecule has 116 valence electrons. The number of nitrogens with one attached hydrogen (secondary N) is 1. The van der Waals surface area contributed by atoms with Gasteiger partial charge in [-0.1, -0.05) is 12.1 Å². The van der Waals surface area contributed by atoms with E-state index in [2.05, 4.69) is 30.3 Å². The van der Waals surface area contributed by atoms with E-state index < -0.39 is 0 Å². The Morgan fingerprint density at radius 2 is 2.27 bits per heavy atom. The zero-order valence-corrected chi connectivity index (χ0v) is 13.2. The highest BCUT2D eigenvalue weighted by Gasteiger charge is 2.26. The number of rotatable bonds is 3. The van der Waals surface area contributed by atoms with E-state index in [4.69, 9.17) is 4.74 Å². The lowest BCUT2D eigenvalue weighted by molar-refractivity contribution is -0.115. The van der Waals surface area contributed by atoms with Gasteiger partial charge >= 0.3 is 0 Å². The molecule has 0 radical (unpaired) electrons. The van der Waals surface area contributed by atoms with Crippen molar-refractivity contribution in [2.45, 2.75) is 38.7 Å². The summed E-state index contributed by atoms with van der Waals surface area (Å²) in [6.07, 6.45) is 5.75. The summed E-state index contributed by atoms with van der Waals surface area (Å²) in [6.45, 7) is 4.20. The Morgan fingerprint density at radius 3 is 3.00 bits per heavy atom. The first-order valence-electron chi connectivity index (χ1n) is 7.51. The van der Waals surface area contributed by atoms with Crippen LogP contribution in [0.3, 0.4) is 0 Å². The maximum absolute atomic E-state index is 12.1. The number of anilines is 1. The number of amides is 1. The van der Waals surface area contributed by atoms with Gasteiger partial charge in [0.15, 0.2) is 0 Å². The van der Waals surface area contributed by atoms with Crippen molar-refractivity contribution in [1.29, 1.82) is 0 Å². The van der Waals surface area contributed by atoms with Crippen molar-refractivity contribution in [1.82, 2.24) is 9.78 Å². The third-order valence-corrected chi connectivity index (χ3v) is 3.86. The summed E-state index contributed by atoms with van der Waals surface area (Å²) in [4.78, 5) is 12.1. The molecule has 1 N–H and O–H groups in total. The number of carbonyl (C=O) groups is 1. The Morgan fingerprint density at radius 1 is 1.45 bits per heavy atom. The van der Waals surface area contributed by atoms with Gasteiger partial charge in [0.2, 0.25) is 5.91 Å². The third-order valence-electron chi connectivity index (χ3n) is 3.86. The fourth-order valence-corrected chi connectivity index (χ4v) is 2.70. The molecule has 1 aliphatic heterocycles. The van der Waals surface area contributed by atoms with E-state index in [1.54, 1.807) is 17.1 Å². The summed E-state index contributed by atoms with van der Waals surface area (Å²) in [5, 5.41) is 6.88. The minimum Gasteiger partial charge on any atom is -0.488 e. The number of benzene rings is 1. The largest absolute Gasteiger partial charge is 0.488 e. The van der Waals surface area contributed by atoms with Gasteiger partial charge in [0.05, 0.1) is 18.3 Å². The molecular formula is C17H21N3O2. The molecule has 1 aromatic heterocycles. The highest BCUT2D eigenvalue weighted by Crippen LogP contribution is 2.33. The Balaban J connectivity index is 1.67. The van der Waals surface area contributed by atoms with Crippen molar-refractivity contribution in [2.24, 2.45) is 7.05 Å². The Hall–Kier alpha value is -2.30. The molecule has 0 fully saturated rings. The number of carbonyl (C=O) groups excluding carboxylic acids is 1. The summed E-state index contributed by atoms with van der Waals surface area (Å²) < 4.78 is 7.63. The standard InChI is InChI=1S/C17H21N3O2/c1-17(2)7-6-13-8-12(4-5-15(13)22-17)9-16(21)19-14-10-18-20(3)11-14/h4-5,8,10-11H,6-7,9H2,1-3H3,(H,19,21). The van der Waals surface area contributed by atoms with Gasteiger partial charge in [-0.15, -0.1) is 0 Å². The Kier molecular flexibility index (Phi) is 3.64. The molecule has 2 heterocycles. The van der Waals surface area contributed by atoms with Crippen LogP contribution in [0.1, 0.15) is 31.4 Å². The van der Waals surface area contributed by atoms with Crippen LogP contribution < -0.4 is 10.1 Å². The molecule has 1 aliphatic rings. The van der Waals surface area contributed by atoms with Crippen LogP contribution in [-0.4, -0.2) is 21.3 Å². The van der Waals surface area contributed by atoms with E-state index in [1.165, 1.54) is 5.56 Å². The first-order chi connectivity index (χ1) is 10.4. The third kappa shape index (κ3) is 3.30. The molecule has 0 saturated heterocycles. The number of hydrogen-bond acceptors (Lipinski definition) is 3. The second kappa shape index (κ2) is 5.48. The normalized spacial score (nSPS) is 15.8. The van der Waals surface area contributed by atoms with E-state index >= 15 is 0 Å². The lowest BCUT2D eigenvalue weighted by Gasteiger charge is -2.32. The molecule has 0 aliphatic carbocycles. The zero-order chi connectivity index (χ0) is 15.7. The fraction of sp³-hybridized carbons (Fsp3) is 0.412. The molecule has 0 bridgehead atoms. The number of aryl methyl sites for hydroxylation is 2. The van der Waals surface area contributed by atoms with Crippen molar-refractivity contribution < 1.29 is 9.53 Å². The van der Waals surface area contributed by atoms with Crippen LogP contribution in [0.15, 0.2) is 30.6 Å². The van der Waals surface area contributed by atoms with E-state index in [-0.39, 0.29) is 11.5 Å². The van der Waals surface area contributed by atoms with Gasteiger partial charge in [-0.2, -0.15) is 5.10 Å². The van der Waals surface area contributed by atoms with Crippen molar-refractivity contribution in [2.75, 3.05) is 5.32 Å². The molecule has 0 atom stereocenters. The average molecular weight is 299 g/mol. The minimum atomic E-state index is -0.105. The smallest absolute Gasteiger partial charge is 0.228 e. The SMILES string of the molecule is Cn1cc(NC(=O)Cc2ccc3c(c2)CCC(C)(C)O3)cn1. The van der Waals surface area contributed by atoms with Gasteiger partial charge in [0, 0.05) is 13.2 Å². The van der Waals surface area contributed by atoms with Gasteiger partial charge in [0.25, 0.3) is 0 Å². The van der Waals surface area contributed by atoms with Crippen molar-refractivity contribution in [3.8, 4) is 5.75 Å². The van der Waals surface area contributed by atoms with E-state index in [0.29, 0.717) is 6.42 Å². The van der Waals surface area contributed by atoms with Gasteiger partial charge in [-0.3, -0.25) is 9.48 Å². The predicted octanol–water partition coefficient (Wildman–Crippen LogP) is 2.70. The molecular weight excluding hydrogens is 278 g/mol. The van der Waals surface area contributed by atoms with Crippen LogP contribution in [0.4, 0.5) is 5.69 Å². The molecule has 1 aromatic carbocycles. The van der Waals surface area contributed by atoms with Crippen LogP contribution in [0.2, 0.25) is 0 Å². The summed E-state index contributed by atoms with van der Waals surface area (Å²) in [7, 11) is 1.82. The monoisotopic (exact) mass is 299 g/mol. The molecule has 1 amide bonds. The molecule has 3 rings (SSSR count). The van der Waals surface area contributed by atoms with Crippen molar-refractivity contribution >= 4 is 11.6 Å². The van der Waals surface area contributed by atoms with Gasteiger partial charge < -0.3 is 10.1 Å². The fourth-order valence-electron chi connectivity index (χ4n) is 2.70. The van der Waals surface area contributed by atoms with E-state index in [1.807, 2.05) is 19.2 Å². The molecule has 0 saturated carbocycles. The molecule has 22 heavy (non-hydrogen) atoms. The molecule has 0 unspecified atom stereocenters. The molecule has 0 spiro atoms. The number of hydrogen-bond donors (Lipinski definition) is 1. The Bertz CT molecular complexity index is 704. The van der Waals surface area contributed by atoms with Crippen LogP contribution in [0.25, 0.3) is 0 Å². The number of fused-ring (bicyclic) bond motifs is 1. The lowest BCUT2D eigenvalue weighted by Crippen LogP contribution is -2.32. The van der Waals surface area contributed by atoms with Gasteiger partial charge in [0.1, 0.15) is 11.4 Å². The van der Waals surface area contributed by atoms with Gasteiger partial charge in [-0.05, 0) is 43.9 Å². The lowest BCUT2D eigenvalue weighted by atomic mass is 9.93. The molecule has 2 aromatic rings. The van der Waals surface area contributed by atoms with Crippen molar-refractivity contribution in [3.05, 3.63) is 41.7 Å². The average Bonchev–Trinajstić information content (AvgIpc) is 2.83.